The molecule has 1 unspecified atom stereocenters. The monoisotopic (exact) mass is 193 g/mol. The topological polar surface area (TPSA) is 49.3 Å². The second-order valence-corrected chi connectivity index (χ2v) is 3.47. The van der Waals surface area contributed by atoms with Gasteiger partial charge in [-0.15, -0.1) is 12.4 Å². The van der Waals surface area contributed by atoms with E-state index in [0.717, 1.165) is 13.0 Å². The summed E-state index contributed by atoms with van der Waals surface area (Å²) in [6.45, 7) is 5.00. The largest absolute Gasteiger partial charge is 0.480 e. The second-order valence-electron chi connectivity index (χ2n) is 3.47. The van der Waals surface area contributed by atoms with Crippen LogP contribution in [0.25, 0.3) is 0 Å². The molecule has 3 nitrogen and oxygen atoms in total. The zero-order valence-electron chi connectivity index (χ0n) is 7.41. The lowest BCUT2D eigenvalue weighted by Gasteiger charge is -2.18. The van der Waals surface area contributed by atoms with Gasteiger partial charge in [0.05, 0.1) is 0 Å². The maximum atomic E-state index is 10.7. The lowest BCUT2D eigenvalue weighted by Crippen LogP contribution is -2.37. The van der Waals surface area contributed by atoms with E-state index in [9.17, 15) is 4.79 Å². The predicted molar refractivity (Wildman–Crippen MR) is 49.6 cm³/mol. The molecule has 1 aliphatic heterocycles. The highest BCUT2D eigenvalue weighted by Gasteiger charge is 2.33. The lowest BCUT2D eigenvalue weighted by atomic mass is 9.89. The molecule has 0 aromatic rings. The van der Waals surface area contributed by atoms with E-state index in [4.69, 9.17) is 5.11 Å². The maximum absolute atomic E-state index is 10.7. The fraction of sp³-hybridized carbons (Fsp3) is 0.875. The number of halogens is 1. The summed E-state index contributed by atoms with van der Waals surface area (Å²) in [7, 11) is 0. The first-order chi connectivity index (χ1) is 5.13. The molecule has 0 amide bonds. The van der Waals surface area contributed by atoms with Gasteiger partial charge in [0.15, 0.2) is 0 Å². The third-order valence-corrected chi connectivity index (χ3v) is 2.39. The summed E-state index contributed by atoms with van der Waals surface area (Å²) >= 11 is 0. The second kappa shape index (κ2) is 4.67. The molecular formula is C8H16ClNO2. The van der Waals surface area contributed by atoms with Gasteiger partial charge >= 0.3 is 5.97 Å². The highest BCUT2D eigenvalue weighted by molar-refractivity contribution is 5.85. The number of nitrogens with one attached hydrogen (secondary N) is 1. The van der Waals surface area contributed by atoms with Crippen molar-refractivity contribution in [2.45, 2.75) is 26.3 Å². The van der Waals surface area contributed by atoms with Crippen molar-refractivity contribution in [2.75, 3.05) is 6.54 Å². The Morgan fingerprint density at radius 3 is 2.50 bits per heavy atom. The molecule has 2 N–H and O–H groups in total. The quantitative estimate of drug-likeness (QED) is 0.691. The minimum Gasteiger partial charge on any atom is -0.480 e. The predicted octanol–water partition coefficient (Wildman–Crippen LogP) is 1.13. The number of carbonyl (C=O) groups is 1. The van der Waals surface area contributed by atoms with Gasteiger partial charge in [-0.3, -0.25) is 4.79 Å². The van der Waals surface area contributed by atoms with Crippen LogP contribution in [0.3, 0.4) is 0 Å². The van der Waals surface area contributed by atoms with E-state index in [1.807, 2.05) is 0 Å². The Bertz CT molecular complexity index is 161. The Morgan fingerprint density at radius 1 is 1.58 bits per heavy atom. The first-order valence-corrected chi connectivity index (χ1v) is 4.09. The molecule has 0 radical (unpaired) electrons. The summed E-state index contributed by atoms with van der Waals surface area (Å²) in [5.74, 6) is 0.0693. The van der Waals surface area contributed by atoms with Crippen LogP contribution >= 0.6 is 12.4 Å². The molecule has 1 fully saturated rings. The van der Waals surface area contributed by atoms with E-state index in [-0.39, 0.29) is 18.4 Å². The van der Waals surface area contributed by atoms with Gasteiger partial charge < -0.3 is 10.4 Å². The van der Waals surface area contributed by atoms with Crippen LogP contribution < -0.4 is 5.32 Å². The van der Waals surface area contributed by atoms with Crippen molar-refractivity contribution in [1.82, 2.24) is 5.32 Å². The highest BCUT2D eigenvalue weighted by Crippen LogP contribution is 2.23. The number of aliphatic carboxylic acids is 1. The standard InChI is InChI=1S/C8H15NO2.ClH/c1-5(2)6-3-4-9-7(6)8(10)11;/h5-7,9H,3-4H2,1-2H3,(H,10,11);1H/t6-,7?;/m1./s1. The molecule has 0 bridgehead atoms. The van der Waals surface area contributed by atoms with E-state index in [1.165, 1.54) is 0 Å². The van der Waals surface area contributed by atoms with Crippen molar-refractivity contribution in [1.29, 1.82) is 0 Å². The Hall–Kier alpha value is -0.280. The molecule has 1 heterocycles. The molecule has 0 aromatic carbocycles. The van der Waals surface area contributed by atoms with Crippen LogP contribution in [0.1, 0.15) is 20.3 Å². The molecule has 12 heavy (non-hydrogen) atoms. The molecule has 0 aromatic heterocycles. The van der Waals surface area contributed by atoms with Gasteiger partial charge in [-0.05, 0) is 24.8 Å². The summed E-state index contributed by atoms with van der Waals surface area (Å²) in [5.41, 5.74) is 0. The average Bonchev–Trinajstić information content (AvgIpc) is 2.32. The number of hydrogen-bond donors (Lipinski definition) is 2. The smallest absolute Gasteiger partial charge is 0.320 e. The van der Waals surface area contributed by atoms with Gasteiger partial charge in [0.1, 0.15) is 6.04 Å². The van der Waals surface area contributed by atoms with Crippen molar-refractivity contribution in [3.63, 3.8) is 0 Å². The summed E-state index contributed by atoms with van der Waals surface area (Å²) in [6.07, 6.45) is 0.995. The minimum atomic E-state index is -0.707. The Labute approximate surface area is 78.9 Å². The summed E-state index contributed by atoms with van der Waals surface area (Å²) in [6, 6.07) is -0.310. The van der Waals surface area contributed by atoms with E-state index in [1.54, 1.807) is 0 Å². The molecule has 72 valence electrons. The van der Waals surface area contributed by atoms with Gasteiger partial charge in [-0.25, -0.2) is 0 Å². The normalized spacial score (nSPS) is 28.6. The van der Waals surface area contributed by atoms with E-state index in [2.05, 4.69) is 19.2 Å². The van der Waals surface area contributed by atoms with Crippen molar-refractivity contribution in [3.8, 4) is 0 Å². The van der Waals surface area contributed by atoms with Crippen molar-refractivity contribution in [2.24, 2.45) is 11.8 Å². The SMILES string of the molecule is CC(C)[C@H]1CCNC1C(=O)O.Cl. The number of rotatable bonds is 2. The number of carboxylic acids is 1. The van der Waals surface area contributed by atoms with Crippen molar-refractivity contribution >= 4 is 18.4 Å². The van der Waals surface area contributed by atoms with E-state index >= 15 is 0 Å². The van der Waals surface area contributed by atoms with Crippen LogP contribution in [0.5, 0.6) is 0 Å². The highest BCUT2D eigenvalue weighted by atomic mass is 35.5. The lowest BCUT2D eigenvalue weighted by molar-refractivity contribution is -0.140. The average molecular weight is 194 g/mol. The fourth-order valence-corrected chi connectivity index (χ4v) is 1.71. The number of carboxylic acid groups (broad SMARTS) is 1. The maximum Gasteiger partial charge on any atom is 0.320 e. The summed E-state index contributed by atoms with van der Waals surface area (Å²) in [4.78, 5) is 10.7. The zero-order valence-corrected chi connectivity index (χ0v) is 8.23. The van der Waals surface area contributed by atoms with Crippen LogP contribution in [0.4, 0.5) is 0 Å². The molecular weight excluding hydrogens is 178 g/mol. The molecule has 1 rings (SSSR count). The van der Waals surface area contributed by atoms with Gasteiger partial charge in [-0.1, -0.05) is 13.8 Å². The van der Waals surface area contributed by atoms with Crippen LogP contribution in [0.15, 0.2) is 0 Å². The molecule has 1 aliphatic rings. The number of hydrogen-bond acceptors (Lipinski definition) is 2. The van der Waals surface area contributed by atoms with Crippen LogP contribution in [-0.2, 0) is 4.79 Å². The van der Waals surface area contributed by atoms with Gasteiger partial charge in [0.25, 0.3) is 0 Å². The first-order valence-electron chi connectivity index (χ1n) is 4.09. The van der Waals surface area contributed by atoms with Gasteiger partial charge in [-0.2, -0.15) is 0 Å². The van der Waals surface area contributed by atoms with E-state index in [0.29, 0.717) is 11.8 Å². The third kappa shape index (κ3) is 2.35. The molecule has 0 aliphatic carbocycles. The van der Waals surface area contributed by atoms with Gasteiger partial charge in [0, 0.05) is 0 Å². The third-order valence-electron chi connectivity index (χ3n) is 2.39. The Balaban J connectivity index is 0.00000121. The zero-order chi connectivity index (χ0) is 8.43. The van der Waals surface area contributed by atoms with Crippen LogP contribution in [0, 0.1) is 11.8 Å². The van der Waals surface area contributed by atoms with Crippen LogP contribution in [-0.4, -0.2) is 23.7 Å². The molecule has 0 saturated carbocycles. The summed E-state index contributed by atoms with van der Waals surface area (Å²) in [5, 5.41) is 11.8. The van der Waals surface area contributed by atoms with Crippen molar-refractivity contribution < 1.29 is 9.90 Å². The van der Waals surface area contributed by atoms with Gasteiger partial charge in [0.2, 0.25) is 0 Å². The summed E-state index contributed by atoms with van der Waals surface area (Å²) < 4.78 is 0. The minimum absolute atomic E-state index is 0. The first kappa shape index (κ1) is 11.7. The van der Waals surface area contributed by atoms with Crippen molar-refractivity contribution in [3.05, 3.63) is 0 Å². The van der Waals surface area contributed by atoms with E-state index < -0.39 is 5.97 Å². The fourth-order valence-electron chi connectivity index (χ4n) is 1.71. The molecule has 4 heteroatoms. The Morgan fingerprint density at radius 2 is 2.17 bits per heavy atom. The molecule has 0 spiro atoms. The molecule has 1 saturated heterocycles. The molecule has 2 atom stereocenters. The van der Waals surface area contributed by atoms with Crippen LogP contribution in [0.2, 0.25) is 0 Å². The Kier molecular flexibility index (Phi) is 4.57.